The molecule has 0 aliphatic rings. The fourth-order valence-corrected chi connectivity index (χ4v) is 2.57. The van der Waals surface area contributed by atoms with Crippen molar-refractivity contribution in [2.75, 3.05) is 12.4 Å². The smallest absolute Gasteiger partial charge is 0.272 e. The lowest BCUT2D eigenvalue weighted by Gasteiger charge is -2.19. The number of rotatable bonds is 5. The molecule has 5 nitrogen and oxygen atoms in total. The van der Waals surface area contributed by atoms with Crippen molar-refractivity contribution in [3.63, 3.8) is 0 Å². The number of benzene rings is 2. The second-order valence-electron chi connectivity index (χ2n) is 7.11. The molecule has 0 aliphatic heterocycles. The predicted molar refractivity (Wildman–Crippen MR) is 114 cm³/mol. The monoisotopic (exact) mass is 420 g/mol. The Labute approximate surface area is 174 Å². The molecule has 0 fully saturated rings. The van der Waals surface area contributed by atoms with Crippen LogP contribution in [0.3, 0.4) is 0 Å². The summed E-state index contributed by atoms with van der Waals surface area (Å²) in [4.78, 5) is 25.3. The maximum absolute atomic E-state index is 12.8. The van der Waals surface area contributed by atoms with Crippen molar-refractivity contribution < 1.29 is 14.3 Å². The Kier molecular flexibility index (Phi) is 7.11. The zero-order valence-electron chi connectivity index (χ0n) is 16.1. The molecule has 0 aromatic heterocycles. The molecular weight excluding hydrogens is 399 g/mol. The Morgan fingerprint density at radius 1 is 1.04 bits per heavy atom. The number of amides is 2. The van der Waals surface area contributed by atoms with Crippen molar-refractivity contribution in [1.29, 1.82) is 0 Å². The summed E-state index contributed by atoms with van der Waals surface area (Å²) in [7, 11) is 1.57. The van der Waals surface area contributed by atoms with Gasteiger partial charge in [0.05, 0.1) is 17.8 Å². The fraction of sp³-hybridized carbons (Fsp3) is 0.238. The number of anilines is 1. The van der Waals surface area contributed by atoms with E-state index < -0.39 is 11.3 Å². The van der Waals surface area contributed by atoms with Crippen molar-refractivity contribution in [3.8, 4) is 5.75 Å². The highest BCUT2D eigenvalue weighted by atomic mass is 35.5. The van der Waals surface area contributed by atoms with Gasteiger partial charge in [0.15, 0.2) is 0 Å². The predicted octanol–water partition coefficient (Wildman–Crippen LogP) is 5.14. The van der Waals surface area contributed by atoms with Crippen LogP contribution in [0.4, 0.5) is 5.69 Å². The van der Waals surface area contributed by atoms with Crippen molar-refractivity contribution in [3.05, 3.63) is 63.8 Å². The molecule has 0 atom stereocenters. The van der Waals surface area contributed by atoms with Gasteiger partial charge in [0, 0.05) is 10.4 Å². The van der Waals surface area contributed by atoms with E-state index in [0.29, 0.717) is 21.5 Å². The molecule has 0 bridgehead atoms. The third-order valence-corrected chi connectivity index (χ3v) is 4.33. The minimum absolute atomic E-state index is 0.0936. The molecule has 2 aromatic rings. The summed E-state index contributed by atoms with van der Waals surface area (Å²) in [6.45, 7) is 5.30. The van der Waals surface area contributed by atoms with Crippen LogP contribution < -0.4 is 15.4 Å². The van der Waals surface area contributed by atoms with Crippen molar-refractivity contribution >= 4 is 46.8 Å². The Morgan fingerprint density at radius 3 is 2.21 bits per heavy atom. The molecule has 2 N–H and O–H groups in total. The van der Waals surface area contributed by atoms with Gasteiger partial charge in [0.2, 0.25) is 5.91 Å². The summed E-state index contributed by atoms with van der Waals surface area (Å²) in [5.74, 6) is -0.0999. The molecule has 0 unspecified atom stereocenters. The molecule has 0 aliphatic carbocycles. The van der Waals surface area contributed by atoms with Crippen LogP contribution in [0.15, 0.2) is 48.2 Å². The van der Waals surface area contributed by atoms with Gasteiger partial charge >= 0.3 is 0 Å². The first-order valence-corrected chi connectivity index (χ1v) is 9.29. The van der Waals surface area contributed by atoms with Crippen LogP contribution in [-0.2, 0) is 9.59 Å². The molecule has 0 spiro atoms. The second kappa shape index (κ2) is 9.13. The normalized spacial score (nSPS) is 11.7. The van der Waals surface area contributed by atoms with Crippen LogP contribution in [0, 0.1) is 5.41 Å². The maximum atomic E-state index is 12.8. The van der Waals surface area contributed by atoms with Gasteiger partial charge in [-0.25, -0.2) is 0 Å². The Balaban J connectivity index is 2.34. The Morgan fingerprint density at radius 2 is 1.68 bits per heavy atom. The van der Waals surface area contributed by atoms with Crippen molar-refractivity contribution in [2.24, 2.45) is 5.41 Å². The van der Waals surface area contributed by atoms with Crippen LogP contribution in [0.1, 0.15) is 26.3 Å². The molecule has 148 valence electrons. The van der Waals surface area contributed by atoms with E-state index in [0.717, 1.165) is 5.56 Å². The zero-order valence-corrected chi connectivity index (χ0v) is 17.6. The third kappa shape index (κ3) is 6.01. The highest BCUT2D eigenvalue weighted by Crippen LogP contribution is 2.26. The average molecular weight is 421 g/mol. The molecular formula is C21H22Cl2N2O3. The minimum Gasteiger partial charge on any atom is -0.497 e. The molecule has 28 heavy (non-hydrogen) atoms. The standard InChI is InChI=1S/C21H22Cl2N2O3/c1-21(2,3)20(27)25-18(11-13-5-8-15(28-4)9-6-13)19(26)24-17-10-7-14(22)12-16(17)23/h5-12H,1-4H3,(H,24,26)(H,25,27)/b18-11+. The number of methoxy groups -OCH3 is 1. The number of ether oxygens (including phenoxy) is 1. The summed E-state index contributed by atoms with van der Waals surface area (Å²) >= 11 is 12.0. The summed E-state index contributed by atoms with van der Waals surface area (Å²) < 4.78 is 5.14. The second-order valence-corrected chi connectivity index (χ2v) is 7.96. The first kappa shape index (κ1) is 21.8. The number of hydrogen-bond acceptors (Lipinski definition) is 3. The molecule has 0 saturated carbocycles. The van der Waals surface area contributed by atoms with Crippen LogP contribution in [0.5, 0.6) is 5.75 Å². The van der Waals surface area contributed by atoms with E-state index in [-0.39, 0.29) is 11.6 Å². The summed E-state index contributed by atoms with van der Waals surface area (Å²) in [5.41, 5.74) is 0.539. The van der Waals surface area contributed by atoms with Gasteiger partial charge < -0.3 is 15.4 Å². The first-order valence-electron chi connectivity index (χ1n) is 8.54. The zero-order chi connectivity index (χ0) is 20.9. The third-order valence-electron chi connectivity index (χ3n) is 3.78. The summed E-state index contributed by atoms with van der Waals surface area (Å²) in [6, 6.07) is 11.8. The van der Waals surface area contributed by atoms with Gasteiger partial charge in [0.1, 0.15) is 11.4 Å². The minimum atomic E-state index is -0.669. The molecule has 2 aromatic carbocycles. The van der Waals surface area contributed by atoms with Gasteiger partial charge in [-0.15, -0.1) is 0 Å². The lowest BCUT2D eigenvalue weighted by Crippen LogP contribution is -2.38. The van der Waals surface area contributed by atoms with E-state index in [2.05, 4.69) is 10.6 Å². The number of hydrogen-bond donors (Lipinski definition) is 2. The SMILES string of the molecule is COc1ccc(/C=C(/NC(=O)C(C)(C)C)C(=O)Nc2ccc(Cl)cc2Cl)cc1. The quantitative estimate of drug-likeness (QED) is 0.657. The highest BCUT2D eigenvalue weighted by molar-refractivity contribution is 6.36. The van der Waals surface area contributed by atoms with Crippen LogP contribution >= 0.6 is 23.2 Å². The highest BCUT2D eigenvalue weighted by Gasteiger charge is 2.24. The van der Waals surface area contributed by atoms with E-state index >= 15 is 0 Å². The van der Waals surface area contributed by atoms with Crippen LogP contribution in [0.2, 0.25) is 10.0 Å². The average Bonchev–Trinajstić information content (AvgIpc) is 2.63. The molecule has 2 rings (SSSR count). The van der Waals surface area contributed by atoms with E-state index in [9.17, 15) is 9.59 Å². The number of halogens is 2. The van der Waals surface area contributed by atoms with E-state index in [1.807, 2.05) is 0 Å². The molecule has 0 saturated heterocycles. The van der Waals surface area contributed by atoms with E-state index in [1.165, 1.54) is 6.07 Å². The molecule has 7 heteroatoms. The van der Waals surface area contributed by atoms with Crippen molar-refractivity contribution in [1.82, 2.24) is 5.32 Å². The van der Waals surface area contributed by atoms with Gasteiger partial charge in [-0.3, -0.25) is 9.59 Å². The Hall–Kier alpha value is -2.50. The van der Waals surface area contributed by atoms with Crippen molar-refractivity contribution in [2.45, 2.75) is 20.8 Å². The number of carbonyl (C=O) groups is 2. The largest absolute Gasteiger partial charge is 0.497 e. The lowest BCUT2D eigenvalue weighted by atomic mass is 9.95. The topological polar surface area (TPSA) is 67.4 Å². The summed E-state index contributed by atoms with van der Waals surface area (Å²) in [6.07, 6.45) is 1.59. The van der Waals surface area contributed by atoms with Gasteiger partial charge in [-0.2, -0.15) is 0 Å². The molecule has 0 heterocycles. The Bertz CT molecular complexity index is 901. The van der Waals surface area contributed by atoms with Gasteiger partial charge in [-0.1, -0.05) is 56.1 Å². The van der Waals surface area contributed by atoms with Gasteiger partial charge in [-0.05, 0) is 42.0 Å². The maximum Gasteiger partial charge on any atom is 0.272 e. The van der Waals surface area contributed by atoms with E-state index in [4.69, 9.17) is 27.9 Å². The van der Waals surface area contributed by atoms with Gasteiger partial charge in [0.25, 0.3) is 5.91 Å². The lowest BCUT2D eigenvalue weighted by molar-refractivity contribution is -0.128. The molecule has 2 amide bonds. The number of carbonyl (C=O) groups excluding carboxylic acids is 2. The van der Waals surface area contributed by atoms with Crippen LogP contribution in [-0.4, -0.2) is 18.9 Å². The molecule has 0 radical (unpaired) electrons. The van der Waals surface area contributed by atoms with Crippen LogP contribution in [0.25, 0.3) is 6.08 Å². The van der Waals surface area contributed by atoms with E-state index in [1.54, 1.807) is 70.4 Å². The first-order chi connectivity index (χ1) is 13.1. The number of nitrogens with one attached hydrogen (secondary N) is 2. The fourth-order valence-electron chi connectivity index (χ4n) is 2.12. The summed E-state index contributed by atoms with van der Waals surface area (Å²) in [5, 5.41) is 6.15.